The number of ether oxygens (including phenoxy) is 1. The van der Waals surface area contributed by atoms with Crippen molar-refractivity contribution < 1.29 is 14.6 Å². The molecule has 2 N–H and O–H groups in total. The van der Waals surface area contributed by atoms with Crippen LogP contribution in [0.5, 0.6) is 0 Å². The van der Waals surface area contributed by atoms with Crippen molar-refractivity contribution in [1.29, 1.82) is 0 Å². The van der Waals surface area contributed by atoms with E-state index in [2.05, 4.69) is 41.1 Å². The molecule has 0 bridgehead atoms. The van der Waals surface area contributed by atoms with Gasteiger partial charge in [-0.2, -0.15) is 0 Å². The van der Waals surface area contributed by atoms with Gasteiger partial charge in [-0.05, 0) is 36.3 Å². The minimum Gasteiger partial charge on any atom is -0.466 e. The molecular formula is C21H24N2O3. The lowest BCUT2D eigenvalue weighted by Gasteiger charge is -2.46. The molecule has 0 spiro atoms. The Morgan fingerprint density at radius 1 is 1.35 bits per heavy atom. The predicted molar refractivity (Wildman–Crippen MR) is 98.3 cm³/mol. The summed E-state index contributed by atoms with van der Waals surface area (Å²) in [6.07, 6.45) is 3.20. The van der Waals surface area contributed by atoms with Gasteiger partial charge in [-0.25, -0.2) is 4.79 Å². The van der Waals surface area contributed by atoms with Crippen LogP contribution < -0.4 is 0 Å². The van der Waals surface area contributed by atoms with Crippen LogP contribution in [0.1, 0.15) is 30.6 Å². The number of esters is 1. The Hall–Kier alpha value is -2.27. The van der Waals surface area contributed by atoms with E-state index < -0.39 is 0 Å². The number of H-pyrrole nitrogens is 1. The van der Waals surface area contributed by atoms with E-state index in [1.54, 1.807) is 0 Å². The van der Waals surface area contributed by atoms with Crippen LogP contribution >= 0.6 is 0 Å². The summed E-state index contributed by atoms with van der Waals surface area (Å²) in [5.41, 5.74) is 4.54. The lowest BCUT2D eigenvalue weighted by atomic mass is 9.74. The monoisotopic (exact) mass is 352 g/mol. The molecule has 1 aromatic carbocycles. The van der Waals surface area contributed by atoms with Gasteiger partial charge in [-0.1, -0.05) is 25.1 Å². The van der Waals surface area contributed by atoms with E-state index in [1.807, 2.05) is 6.20 Å². The first-order chi connectivity index (χ1) is 12.6. The van der Waals surface area contributed by atoms with Crippen LogP contribution in [0.4, 0.5) is 0 Å². The second-order valence-corrected chi connectivity index (χ2v) is 7.92. The van der Waals surface area contributed by atoms with Gasteiger partial charge in [0, 0.05) is 35.3 Å². The van der Waals surface area contributed by atoms with Gasteiger partial charge in [-0.3, -0.25) is 0 Å². The number of aliphatic hydroxyl groups excluding tert-OH is 1. The zero-order chi connectivity index (χ0) is 18.0. The van der Waals surface area contributed by atoms with Crippen LogP contribution in [0.2, 0.25) is 0 Å². The molecule has 0 amide bonds. The molecule has 3 heterocycles. The Balaban J connectivity index is 1.68. The third kappa shape index (κ3) is 2.04. The van der Waals surface area contributed by atoms with Crippen molar-refractivity contribution in [2.24, 2.45) is 17.8 Å². The average molecular weight is 352 g/mol. The molecule has 2 aromatic rings. The summed E-state index contributed by atoms with van der Waals surface area (Å²) in [7, 11) is 1.44. The number of aliphatic hydroxyl groups is 1. The molecule has 26 heavy (non-hydrogen) atoms. The van der Waals surface area contributed by atoms with Gasteiger partial charge >= 0.3 is 5.97 Å². The Bertz CT molecular complexity index is 915. The van der Waals surface area contributed by atoms with Gasteiger partial charge in [0.25, 0.3) is 0 Å². The topological polar surface area (TPSA) is 65.6 Å². The third-order valence-electron chi connectivity index (χ3n) is 6.78. The van der Waals surface area contributed by atoms with E-state index in [0.717, 1.165) is 18.5 Å². The number of benzene rings is 1. The fourth-order valence-electron chi connectivity index (χ4n) is 5.54. The molecule has 3 aliphatic rings. The highest BCUT2D eigenvalue weighted by Gasteiger charge is 2.52. The van der Waals surface area contributed by atoms with Gasteiger partial charge in [0.2, 0.25) is 0 Å². The van der Waals surface area contributed by atoms with Crippen LogP contribution in [0.25, 0.3) is 10.9 Å². The van der Waals surface area contributed by atoms with Gasteiger partial charge in [0.15, 0.2) is 0 Å². The van der Waals surface area contributed by atoms with Crippen molar-refractivity contribution in [3.05, 3.63) is 47.3 Å². The molecule has 1 saturated carbocycles. The fourth-order valence-corrected chi connectivity index (χ4v) is 5.54. The maximum Gasteiger partial charge on any atom is 0.335 e. The summed E-state index contributed by atoms with van der Waals surface area (Å²) >= 11 is 0. The number of fused-ring (bicyclic) bond motifs is 7. The summed E-state index contributed by atoms with van der Waals surface area (Å²) < 4.78 is 5.04. The summed E-state index contributed by atoms with van der Waals surface area (Å²) in [6, 6.07) is 8.63. The lowest BCUT2D eigenvalue weighted by molar-refractivity contribution is -0.137. The van der Waals surface area contributed by atoms with Gasteiger partial charge in [0.05, 0.1) is 24.8 Å². The average Bonchev–Trinajstić information content (AvgIpc) is 3.18. The highest BCUT2D eigenvalue weighted by Crippen LogP contribution is 2.54. The summed E-state index contributed by atoms with van der Waals surface area (Å²) in [5.74, 6) is 0.127. The molecule has 5 rings (SSSR count). The number of methoxy groups -OCH3 is 1. The maximum atomic E-state index is 12.4. The Kier molecular flexibility index (Phi) is 3.44. The van der Waals surface area contributed by atoms with E-state index in [1.165, 1.54) is 29.3 Å². The number of para-hydroxylation sites is 1. The van der Waals surface area contributed by atoms with Crippen molar-refractivity contribution in [3.8, 4) is 0 Å². The lowest BCUT2D eigenvalue weighted by Crippen LogP contribution is -2.44. The van der Waals surface area contributed by atoms with Crippen LogP contribution in [0, 0.1) is 17.8 Å². The van der Waals surface area contributed by atoms with Crippen LogP contribution in [-0.4, -0.2) is 40.7 Å². The second kappa shape index (κ2) is 5.61. The number of nitrogens with zero attached hydrogens (tertiary/aromatic N) is 1. The Morgan fingerprint density at radius 3 is 2.96 bits per heavy atom. The van der Waals surface area contributed by atoms with Crippen molar-refractivity contribution in [3.63, 3.8) is 0 Å². The normalized spacial score (nSPS) is 32.7. The smallest absolute Gasteiger partial charge is 0.335 e. The molecule has 1 aliphatic carbocycles. The molecule has 1 aromatic heterocycles. The summed E-state index contributed by atoms with van der Waals surface area (Å²) in [6.45, 7) is 3.00. The minimum absolute atomic E-state index is 0.0473. The summed E-state index contributed by atoms with van der Waals surface area (Å²) in [5, 5.41) is 11.9. The summed E-state index contributed by atoms with van der Waals surface area (Å²) in [4.78, 5) is 18.3. The maximum absolute atomic E-state index is 12.4. The first kappa shape index (κ1) is 15.9. The van der Waals surface area contributed by atoms with Gasteiger partial charge in [0.1, 0.15) is 0 Å². The van der Waals surface area contributed by atoms with E-state index in [-0.39, 0.29) is 35.9 Å². The molecule has 2 aliphatic heterocycles. The first-order valence-corrected chi connectivity index (χ1v) is 9.43. The first-order valence-electron chi connectivity index (χ1n) is 9.43. The molecule has 0 radical (unpaired) electrons. The molecule has 5 nitrogen and oxygen atoms in total. The zero-order valence-electron chi connectivity index (χ0n) is 15.1. The van der Waals surface area contributed by atoms with Crippen molar-refractivity contribution in [2.45, 2.75) is 31.9 Å². The molecule has 136 valence electrons. The third-order valence-corrected chi connectivity index (χ3v) is 6.78. The molecule has 5 heteroatoms. The van der Waals surface area contributed by atoms with E-state index in [9.17, 15) is 9.90 Å². The number of carbonyl (C=O) groups excluding carboxylic acids is 1. The molecule has 0 unspecified atom stereocenters. The molecule has 5 atom stereocenters. The zero-order valence-corrected chi connectivity index (χ0v) is 15.1. The van der Waals surface area contributed by atoms with E-state index in [0.29, 0.717) is 6.42 Å². The standard InChI is InChI=1S/C21H24N2O3/c1-11-17(24)9-14-15(21(25)26-2)10-23-8-7-13-12-5-3-4-6-16(12)22-19(13)20(23)18(11)14/h3-6,10-11,14,17-18,20,22,24H,7-9H2,1-2H3/t11-,14+,17-,18+,20-/m0/s1. The number of aromatic nitrogens is 1. The van der Waals surface area contributed by atoms with Crippen molar-refractivity contribution >= 4 is 16.9 Å². The number of hydrogen-bond acceptors (Lipinski definition) is 4. The molecular weight excluding hydrogens is 328 g/mol. The second-order valence-electron chi connectivity index (χ2n) is 7.92. The van der Waals surface area contributed by atoms with Crippen molar-refractivity contribution in [2.75, 3.05) is 13.7 Å². The minimum atomic E-state index is -0.382. The number of nitrogens with one attached hydrogen (secondary N) is 1. The number of rotatable bonds is 1. The fraction of sp³-hybridized carbons (Fsp3) is 0.476. The Morgan fingerprint density at radius 2 is 2.15 bits per heavy atom. The number of hydrogen-bond donors (Lipinski definition) is 2. The quantitative estimate of drug-likeness (QED) is 0.775. The van der Waals surface area contributed by atoms with Crippen LogP contribution in [-0.2, 0) is 16.0 Å². The van der Waals surface area contributed by atoms with Gasteiger partial charge in [-0.15, -0.1) is 0 Å². The molecule has 0 saturated heterocycles. The predicted octanol–water partition coefficient (Wildman–Crippen LogP) is 2.77. The highest BCUT2D eigenvalue weighted by atomic mass is 16.5. The van der Waals surface area contributed by atoms with E-state index in [4.69, 9.17) is 4.74 Å². The Labute approximate surface area is 152 Å². The van der Waals surface area contributed by atoms with E-state index >= 15 is 0 Å². The van der Waals surface area contributed by atoms with Crippen LogP contribution in [0.15, 0.2) is 36.0 Å². The van der Waals surface area contributed by atoms with Gasteiger partial charge < -0.3 is 19.7 Å². The largest absolute Gasteiger partial charge is 0.466 e. The SMILES string of the molecule is COC(=O)C1=CN2CCc3c([nH]c4ccccc34)[C@@H]2[C@@H]2[C@@H](C)[C@@H](O)C[C@H]12. The molecule has 1 fully saturated rings. The van der Waals surface area contributed by atoms with Crippen LogP contribution in [0.3, 0.4) is 0 Å². The number of carbonyl (C=O) groups is 1. The van der Waals surface area contributed by atoms with Crippen molar-refractivity contribution in [1.82, 2.24) is 9.88 Å². The number of aromatic amines is 1. The highest BCUT2D eigenvalue weighted by molar-refractivity contribution is 5.89.